The summed E-state index contributed by atoms with van der Waals surface area (Å²) in [7, 11) is 0. The smallest absolute Gasteiger partial charge is 0.248 e. The molecule has 70 heavy (non-hydrogen) atoms. The maximum absolute atomic E-state index is 14.3. The fraction of sp³-hybridized carbons (Fsp3) is 0.353. The fourth-order valence-electron chi connectivity index (χ4n) is 9.02. The molecule has 362 valence electrons. The number of carbonyl (C=O) groups is 3. The third kappa shape index (κ3) is 9.88. The van der Waals surface area contributed by atoms with Gasteiger partial charge in [-0.15, -0.1) is 21.5 Å². The first-order valence-electron chi connectivity index (χ1n) is 23.2. The van der Waals surface area contributed by atoms with Crippen LogP contribution in [-0.2, 0) is 20.9 Å². The molecule has 2 aromatic carbocycles. The van der Waals surface area contributed by atoms with E-state index < -0.39 is 30.3 Å². The topological polar surface area (TPSA) is 208 Å². The Morgan fingerprint density at radius 2 is 1.70 bits per heavy atom. The van der Waals surface area contributed by atoms with Crippen molar-refractivity contribution in [3.05, 3.63) is 135 Å². The molecule has 1 fully saturated rings. The van der Waals surface area contributed by atoms with Crippen LogP contribution in [0.5, 0.6) is 5.88 Å². The normalized spacial score (nSPS) is 17.4. The van der Waals surface area contributed by atoms with Crippen molar-refractivity contribution in [2.75, 3.05) is 13.1 Å². The van der Waals surface area contributed by atoms with E-state index in [4.69, 9.17) is 25.7 Å². The van der Waals surface area contributed by atoms with Crippen LogP contribution in [0.1, 0.15) is 90.2 Å². The van der Waals surface area contributed by atoms with Gasteiger partial charge in [-0.2, -0.15) is 5.10 Å². The average Bonchev–Trinajstić information content (AvgIpc) is 4.19. The van der Waals surface area contributed by atoms with Crippen LogP contribution in [0.15, 0.2) is 95.1 Å². The zero-order valence-corrected chi connectivity index (χ0v) is 41.5. The third-order valence-electron chi connectivity index (χ3n) is 12.8. The molecule has 7 heterocycles. The Bertz CT molecular complexity index is 3080. The zero-order chi connectivity index (χ0) is 49.4. The minimum atomic E-state index is -0.853. The highest BCUT2D eigenvalue weighted by Crippen LogP contribution is 2.40. The summed E-state index contributed by atoms with van der Waals surface area (Å²) in [6.45, 7) is 14.1. The van der Waals surface area contributed by atoms with Gasteiger partial charge < -0.3 is 29.8 Å². The van der Waals surface area contributed by atoms with E-state index >= 15 is 0 Å². The number of oxazole rings is 1. The molecule has 9 rings (SSSR count). The van der Waals surface area contributed by atoms with Crippen molar-refractivity contribution in [1.29, 1.82) is 0 Å². The summed E-state index contributed by atoms with van der Waals surface area (Å²) >= 11 is 7.92. The number of aryl methyl sites for hydroxylation is 3. The van der Waals surface area contributed by atoms with Gasteiger partial charge in [-0.25, -0.2) is 9.97 Å². The van der Waals surface area contributed by atoms with E-state index in [0.29, 0.717) is 28.3 Å². The average molecular weight is 985 g/mol. The minimum absolute atomic E-state index is 0.0279. The van der Waals surface area contributed by atoms with Crippen molar-refractivity contribution >= 4 is 46.4 Å². The Hall–Kier alpha value is -7.02. The van der Waals surface area contributed by atoms with Gasteiger partial charge in [-0.05, 0) is 75.4 Å². The number of pyridine rings is 1. The van der Waals surface area contributed by atoms with Crippen molar-refractivity contribution in [3.63, 3.8) is 0 Å². The van der Waals surface area contributed by atoms with Crippen LogP contribution in [0.2, 0.25) is 5.02 Å². The molecule has 0 saturated carbocycles. The van der Waals surface area contributed by atoms with E-state index in [9.17, 15) is 19.5 Å². The minimum Gasteiger partial charge on any atom is -0.473 e. The molecule has 0 bridgehead atoms. The highest BCUT2D eigenvalue weighted by Gasteiger charge is 2.42. The summed E-state index contributed by atoms with van der Waals surface area (Å²) in [6.07, 6.45) is 5.33. The summed E-state index contributed by atoms with van der Waals surface area (Å²) < 4.78 is 15.3. The standard InChI is InChI=1S/C51H54ClN11O6S/c1-27(2)46(50(67)61-25-39(64)19-41(61)49(66)55-22-33-8-10-35(11-9-33)47-30(5)56-26-68-47)62-24-37(23-57-62)36-16-17-53-43(18-36)69-28(3)21-54-42(65)20-40-48-60-59-32(7)63(48)51-44(29(4)31(6)70-51)45(58-40)34-12-14-38(52)15-13-34/h8-18,23-24,26-28,39-41,46,64H,19-22,25H2,1-7H3,(H,54,65)(H,55,66)/t28-,39-,40+,41+,46?/m1/s1. The van der Waals surface area contributed by atoms with Crippen LogP contribution in [0.4, 0.5) is 0 Å². The highest BCUT2D eigenvalue weighted by molar-refractivity contribution is 7.15. The van der Waals surface area contributed by atoms with Crippen LogP contribution < -0.4 is 15.4 Å². The van der Waals surface area contributed by atoms with Crippen LogP contribution >= 0.6 is 22.9 Å². The summed E-state index contributed by atoms with van der Waals surface area (Å²) in [5, 5.41) is 31.8. The number of fused-ring (bicyclic) bond motifs is 3. The molecule has 5 aromatic heterocycles. The Morgan fingerprint density at radius 3 is 2.43 bits per heavy atom. The number of aliphatic hydroxyl groups is 1. The number of nitrogens with zero attached hydrogens (tertiary/aromatic N) is 9. The number of β-amino-alcohol motifs (C(OH)–C–C–N with tert-alkyl or cyclic N) is 1. The van der Waals surface area contributed by atoms with Gasteiger partial charge in [0.1, 0.15) is 35.1 Å². The van der Waals surface area contributed by atoms with Crippen LogP contribution in [0.25, 0.3) is 27.5 Å². The molecule has 1 saturated heterocycles. The zero-order valence-electron chi connectivity index (χ0n) is 39.9. The molecule has 2 aliphatic rings. The maximum atomic E-state index is 14.3. The second-order valence-corrected chi connectivity index (χ2v) is 19.8. The van der Waals surface area contributed by atoms with Crippen LogP contribution in [0, 0.1) is 33.6 Å². The lowest BCUT2D eigenvalue weighted by Crippen LogP contribution is -2.49. The monoisotopic (exact) mass is 983 g/mol. The number of nitrogens with one attached hydrogen (secondary N) is 2. The summed E-state index contributed by atoms with van der Waals surface area (Å²) in [5.74, 6) is 1.23. The Kier molecular flexibility index (Phi) is 13.8. The molecule has 7 aromatic rings. The molecule has 0 spiro atoms. The highest BCUT2D eigenvalue weighted by atomic mass is 35.5. The number of ether oxygens (including phenoxy) is 1. The first-order chi connectivity index (χ1) is 33.6. The number of aromatic nitrogens is 7. The largest absolute Gasteiger partial charge is 0.473 e. The molecule has 3 amide bonds. The number of carbonyl (C=O) groups excluding carboxylic acids is 3. The van der Waals surface area contributed by atoms with Gasteiger partial charge in [0.2, 0.25) is 23.6 Å². The summed E-state index contributed by atoms with van der Waals surface area (Å²) in [6, 6.07) is 16.5. The number of benzene rings is 2. The second kappa shape index (κ2) is 20.1. The molecular weight excluding hydrogens is 930 g/mol. The lowest BCUT2D eigenvalue weighted by Gasteiger charge is -2.30. The van der Waals surface area contributed by atoms with Gasteiger partial charge in [0.15, 0.2) is 18.0 Å². The van der Waals surface area contributed by atoms with Gasteiger partial charge in [-0.1, -0.05) is 61.8 Å². The van der Waals surface area contributed by atoms with Gasteiger partial charge in [0, 0.05) is 70.1 Å². The maximum Gasteiger partial charge on any atom is 0.248 e. The van der Waals surface area contributed by atoms with Gasteiger partial charge in [-0.3, -0.25) is 28.6 Å². The second-order valence-electron chi connectivity index (χ2n) is 18.2. The Balaban J connectivity index is 0.831. The number of aliphatic imine (C=N–C) groups is 1. The van der Waals surface area contributed by atoms with Crippen molar-refractivity contribution in [1.82, 2.24) is 50.0 Å². The summed E-state index contributed by atoms with van der Waals surface area (Å²) in [4.78, 5) is 58.1. The van der Waals surface area contributed by atoms with E-state index in [1.54, 1.807) is 40.7 Å². The molecule has 1 unspecified atom stereocenters. The van der Waals surface area contributed by atoms with Gasteiger partial charge in [0.25, 0.3) is 0 Å². The van der Waals surface area contributed by atoms with Crippen molar-refractivity contribution in [2.24, 2.45) is 10.9 Å². The van der Waals surface area contributed by atoms with Crippen molar-refractivity contribution in [3.8, 4) is 33.3 Å². The molecule has 19 heteroatoms. The predicted octanol–water partition coefficient (Wildman–Crippen LogP) is 7.47. The van der Waals surface area contributed by atoms with E-state index in [2.05, 4.69) is 49.7 Å². The number of aliphatic hydroxyl groups excluding tert-OH is 1. The van der Waals surface area contributed by atoms with Gasteiger partial charge >= 0.3 is 0 Å². The number of hydrogen-bond donors (Lipinski definition) is 3. The van der Waals surface area contributed by atoms with E-state index in [1.807, 2.05) is 93.8 Å². The fourth-order valence-corrected chi connectivity index (χ4v) is 10.4. The van der Waals surface area contributed by atoms with Crippen molar-refractivity contribution in [2.45, 2.75) is 98.2 Å². The number of amides is 3. The van der Waals surface area contributed by atoms with E-state index in [1.165, 1.54) is 11.3 Å². The van der Waals surface area contributed by atoms with Crippen LogP contribution in [-0.4, -0.2) is 99.3 Å². The summed E-state index contributed by atoms with van der Waals surface area (Å²) in [5.41, 5.74) is 7.75. The van der Waals surface area contributed by atoms with Crippen molar-refractivity contribution < 1.29 is 28.6 Å². The van der Waals surface area contributed by atoms with Crippen LogP contribution in [0.3, 0.4) is 0 Å². The number of hydrogen-bond acceptors (Lipinski definition) is 13. The first-order valence-corrected chi connectivity index (χ1v) is 24.4. The molecule has 5 atom stereocenters. The quantitative estimate of drug-likeness (QED) is 0.0918. The number of likely N-dealkylation sites (tertiary alicyclic amines) is 1. The molecule has 0 radical (unpaired) electrons. The SMILES string of the molecule is Cc1ncoc1-c1ccc(CNC(=O)[C@@H]2C[C@@H](O)CN2C(=O)C(C(C)C)n2cc(-c3ccnc(O[C@H](C)CNC(=O)C[C@@H]4N=C(c5ccc(Cl)cc5)c5c(sc(C)c5C)-n5c(C)nnc54)c3)cn2)cc1. The predicted molar refractivity (Wildman–Crippen MR) is 265 cm³/mol. The lowest BCUT2D eigenvalue weighted by atomic mass is 9.99. The van der Waals surface area contributed by atoms with E-state index in [0.717, 1.165) is 60.2 Å². The number of thiophene rings is 1. The van der Waals surface area contributed by atoms with E-state index in [-0.39, 0.29) is 56.1 Å². The molecular formula is C51H54ClN11O6S. The van der Waals surface area contributed by atoms with Gasteiger partial charge in [0.05, 0.1) is 36.7 Å². The Labute approximate surface area is 414 Å². The molecule has 0 aliphatic carbocycles. The molecule has 2 aliphatic heterocycles. The number of halogens is 1. The first kappa shape index (κ1) is 48.0. The molecule has 3 N–H and O–H groups in total. The lowest BCUT2D eigenvalue weighted by molar-refractivity contribution is -0.142. The molecule has 17 nitrogen and oxygen atoms in total. The third-order valence-corrected chi connectivity index (χ3v) is 14.2. The number of rotatable bonds is 15. The Morgan fingerprint density at radius 1 is 0.943 bits per heavy atom.